The maximum Gasteiger partial charge on any atom is 0.231 e. The van der Waals surface area contributed by atoms with Crippen molar-refractivity contribution in [3.63, 3.8) is 0 Å². The summed E-state index contributed by atoms with van der Waals surface area (Å²) in [6, 6.07) is 4.41. The molecule has 0 N–H and O–H groups in total. The Labute approximate surface area is 185 Å². The average Bonchev–Trinajstić information content (AvgIpc) is 3.40. The lowest BCUT2D eigenvalue weighted by molar-refractivity contribution is -0.132. The van der Waals surface area contributed by atoms with E-state index in [9.17, 15) is 9.59 Å². The minimum Gasteiger partial charge on any atom is -0.454 e. The fourth-order valence-corrected chi connectivity index (χ4v) is 5.06. The highest BCUT2D eigenvalue weighted by molar-refractivity contribution is 5.77. The standard InChI is InChI=1S/C25H34N2O4/c1-3-6-19-13-20(15-23-25(19)31-17-30-23)18(2)21-14-22(27(16-21)11-12-28)8-10-26-9-5-4-7-24(26)29/h8,12-13,15,18,21H,3-7,9-11,14,16-17H2,1-2H3/b22-8+/t18-,21?/m0/s1. The molecule has 3 heterocycles. The Morgan fingerprint density at radius 1 is 1.19 bits per heavy atom. The lowest BCUT2D eigenvalue weighted by Crippen LogP contribution is -2.35. The first-order valence-corrected chi connectivity index (χ1v) is 11.7. The van der Waals surface area contributed by atoms with E-state index in [4.69, 9.17) is 9.47 Å². The zero-order chi connectivity index (χ0) is 21.8. The number of fused-ring (bicyclic) bond motifs is 1. The molecule has 3 aliphatic rings. The van der Waals surface area contributed by atoms with Crippen molar-refractivity contribution in [3.8, 4) is 11.5 Å². The summed E-state index contributed by atoms with van der Waals surface area (Å²) in [5.41, 5.74) is 3.69. The van der Waals surface area contributed by atoms with E-state index in [2.05, 4.69) is 37.0 Å². The van der Waals surface area contributed by atoms with Gasteiger partial charge in [-0.25, -0.2) is 0 Å². The van der Waals surface area contributed by atoms with Crippen molar-refractivity contribution in [2.24, 2.45) is 5.92 Å². The maximum atomic E-state index is 12.1. The highest BCUT2D eigenvalue weighted by Crippen LogP contribution is 2.43. The zero-order valence-corrected chi connectivity index (χ0v) is 18.8. The second-order valence-corrected chi connectivity index (χ2v) is 8.98. The number of aryl methyl sites for hydroxylation is 1. The predicted octanol–water partition coefficient (Wildman–Crippen LogP) is 3.89. The van der Waals surface area contributed by atoms with Crippen LogP contribution in [-0.2, 0) is 16.0 Å². The number of piperidine rings is 1. The normalized spacial score (nSPS) is 23.0. The number of benzene rings is 1. The number of hydrogen-bond donors (Lipinski definition) is 0. The van der Waals surface area contributed by atoms with Crippen molar-refractivity contribution in [3.05, 3.63) is 35.0 Å². The number of nitrogens with zero attached hydrogens (tertiary/aromatic N) is 2. The van der Waals surface area contributed by atoms with Crippen molar-refractivity contribution in [2.75, 3.05) is 33.0 Å². The van der Waals surface area contributed by atoms with E-state index >= 15 is 0 Å². The molecule has 0 aliphatic carbocycles. The van der Waals surface area contributed by atoms with Crippen LogP contribution >= 0.6 is 0 Å². The number of rotatable bonds is 8. The van der Waals surface area contributed by atoms with E-state index in [1.807, 2.05) is 4.90 Å². The van der Waals surface area contributed by atoms with Crippen LogP contribution in [0.3, 0.4) is 0 Å². The van der Waals surface area contributed by atoms with Crippen molar-refractivity contribution < 1.29 is 19.1 Å². The first-order valence-electron chi connectivity index (χ1n) is 11.7. The molecule has 0 radical (unpaired) electrons. The molecule has 0 aromatic heterocycles. The van der Waals surface area contributed by atoms with Gasteiger partial charge in [-0.2, -0.15) is 0 Å². The molecule has 2 atom stereocenters. The third kappa shape index (κ3) is 4.73. The Balaban J connectivity index is 1.50. The van der Waals surface area contributed by atoms with Crippen LogP contribution in [-0.4, -0.2) is 55.0 Å². The fraction of sp³-hybridized carbons (Fsp3) is 0.600. The molecular formula is C25H34N2O4. The van der Waals surface area contributed by atoms with Gasteiger partial charge in [0.1, 0.15) is 6.29 Å². The van der Waals surface area contributed by atoms with Gasteiger partial charge in [-0.1, -0.05) is 26.3 Å². The summed E-state index contributed by atoms with van der Waals surface area (Å²) in [6.07, 6.45) is 8.85. The van der Waals surface area contributed by atoms with Gasteiger partial charge in [0.2, 0.25) is 12.7 Å². The summed E-state index contributed by atoms with van der Waals surface area (Å²) >= 11 is 0. The average molecular weight is 427 g/mol. The Morgan fingerprint density at radius 2 is 2.06 bits per heavy atom. The minimum atomic E-state index is 0.247. The summed E-state index contributed by atoms with van der Waals surface area (Å²) in [7, 11) is 0. The quantitative estimate of drug-likeness (QED) is 0.590. The van der Waals surface area contributed by atoms with Crippen LogP contribution in [0.15, 0.2) is 23.9 Å². The molecule has 2 saturated heterocycles. The molecule has 1 unspecified atom stereocenters. The van der Waals surface area contributed by atoms with Crippen LogP contribution in [0.5, 0.6) is 11.5 Å². The number of ether oxygens (including phenoxy) is 2. The summed E-state index contributed by atoms with van der Waals surface area (Å²) in [5.74, 6) is 2.75. The molecular weight excluding hydrogens is 392 g/mol. The van der Waals surface area contributed by atoms with Crippen molar-refractivity contribution in [1.82, 2.24) is 9.80 Å². The smallest absolute Gasteiger partial charge is 0.231 e. The Bertz CT molecular complexity index is 850. The molecule has 6 heteroatoms. The van der Waals surface area contributed by atoms with Gasteiger partial charge >= 0.3 is 0 Å². The zero-order valence-electron chi connectivity index (χ0n) is 18.8. The summed E-state index contributed by atoms with van der Waals surface area (Å²) in [5, 5.41) is 0. The largest absolute Gasteiger partial charge is 0.454 e. The van der Waals surface area contributed by atoms with E-state index < -0.39 is 0 Å². The van der Waals surface area contributed by atoms with Crippen molar-refractivity contribution in [2.45, 2.75) is 58.3 Å². The monoisotopic (exact) mass is 426 g/mol. The van der Waals surface area contributed by atoms with Crippen LogP contribution in [0.25, 0.3) is 0 Å². The summed E-state index contributed by atoms with van der Waals surface area (Å²) in [4.78, 5) is 27.6. The van der Waals surface area contributed by atoms with E-state index in [1.54, 1.807) is 0 Å². The second-order valence-electron chi connectivity index (χ2n) is 8.98. The van der Waals surface area contributed by atoms with E-state index in [-0.39, 0.29) is 5.91 Å². The first kappa shape index (κ1) is 21.7. The van der Waals surface area contributed by atoms with Crippen molar-refractivity contribution in [1.29, 1.82) is 0 Å². The third-order valence-corrected chi connectivity index (χ3v) is 6.92. The Kier molecular flexibility index (Phi) is 6.83. The lowest BCUT2D eigenvalue weighted by Gasteiger charge is -2.26. The Morgan fingerprint density at radius 3 is 2.84 bits per heavy atom. The van der Waals surface area contributed by atoms with Crippen LogP contribution in [0.4, 0.5) is 0 Å². The molecule has 0 saturated carbocycles. The fourth-order valence-electron chi connectivity index (χ4n) is 5.06. The van der Waals surface area contributed by atoms with Gasteiger partial charge in [0.25, 0.3) is 0 Å². The van der Waals surface area contributed by atoms with Gasteiger partial charge in [0, 0.05) is 31.8 Å². The highest BCUT2D eigenvalue weighted by atomic mass is 16.7. The van der Waals surface area contributed by atoms with Crippen LogP contribution in [0, 0.1) is 5.92 Å². The predicted molar refractivity (Wildman–Crippen MR) is 119 cm³/mol. The molecule has 1 aromatic carbocycles. The van der Waals surface area contributed by atoms with Gasteiger partial charge in [-0.15, -0.1) is 0 Å². The second kappa shape index (κ2) is 9.75. The molecule has 1 amide bonds. The molecule has 31 heavy (non-hydrogen) atoms. The molecule has 0 spiro atoms. The number of amides is 1. The highest BCUT2D eigenvalue weighted by Gasteiger charge is 2.32. The number of aldehydes is 1. The maximum absolute atomic E-state index is 12.1. The topological polar surface area (TPSA) is 59.1 Å². The molecule has 0 bridgehead atoms. The van der Waals surface area contributed by atoms with E-state index in [0.717, 1.165) is 63.0 Å². The molecule has 4 rings (SSSR count). The summed E-state index contributed by atoms with van der Waals surface area (Å²) < 4.78 is 11.4. The van der Waals surface area contributed by atoms with E-state index in [1.165, 1.54) is 16.8 Å². The minimum absolute atomic E-state index is 0.247. The molecule has 1 aromatic rings. The van der Waals surface area contributed by atoms with Crippen molar-refractivity contribution >= 4 is 12.2 Å². The molecule has 2 fully saturated rings. The van der Waals surface area contributed by atoms with Crippen LogP contribution < -0.4 is 9.47 Å². The third-order valence-electron chi connectivity index (χ3n) is 6.92. The van der Waals surface area contributed by atoms with Gasteiger partial charge in [-0.05, 0) is 60.8 Å². The van der Waals surface area contributed by atoms with Crippen LogP contribution in [0.2, 0.25) is 0 Å². The lowest BCUT2D eigenvalue weighted by atomic mass is 9.85. The summed E-state index contributed by atoms with van der Waals surface area (Å²) in [6.45, 7) is 7.50. The number of likely N-dealkylation sites (tertiary alicyclic amines) is 2. The molecule has 6 nitrogen and oxygen atoms in total. The number of hydrogen-bond acceptors (Lipinski definition) is 5. The van der Waals surface area contributed by atoms with Gasteiger partial charge in [0.05, 0.1) is 6.54 Å². The number of carbonyl (C=O) groups is 2. The Hall–Kier alpha value is -2.50. The van der Waals surface area contributed by atoms with Crippen LogP contribution in [0.1, 0.15) is 63.0 Å². The number of allylic oxidation sites excluding steroid dienone is 1. The molecule has 3 aliphatic heterocycles. The molecule has 168 valence electrons. The van der Waals surface area contributed by atoms with Gasteiger partial charge in [0.15, 0.2) is 11.5 Å². The SMILES string of the molecule is CCCc1cc([C@H](C)C2C/C(=C\CN3CCCCC3=O)N(CC=O)C2)cc2c1OCO2. The first-order chi connectivity index (χ1) is 15.1. The van der Waals surface area contributed by atoms with Gasteiger partial charge < -0.3 is 24.1 Å². The van der Waals surface area contributed by atoms with Gasteiger partial charge in [-0.3, -0.25) is 4.79 Å². The van der Waals surface area contributed by atoms with E-state index in [0.29, 0.717) is 38.1 Å². The number of carbonyl (C=O) groups excluding carboxylic acids is 2.